The van der Waals surface area contributed by atoms with Crippen molar-refractivity contribution in [3.63, 3.8) is 0 Å². The quantitative estimate of drug-likeness (QED) is 0.0299. The lowest BCUT2D eigenvalue weighted by atomic mass is 9.77. The van der Waals surface area contributed by atoms with E-state index in [1.165, 1.54) is 6.92 Å². The van der Waals surface area contributed by atoms with Gasteiger partial charge in [-0.25, -0.2) is 14.4 Å². The molecule has 0 radical (unpaired) electrons. The molecule has 13 rings (SSSR count). The Labute approximate surface area is 642 Å². The van der Waals surface area contributed by atoms with E-state index in [1.54, 1.807) is 103 Å². The van der Waals surface area contributed by atoms with E-state index in [1.807, 2.05) is 152 Å². The van der Waals surface area contributed by atoms with Gasteiger partial charge in [0.25, 0.3) is 0 Å². The van der Waals surface area contributed by atoms with Crippen LogP contribution in [0.15, 0.2) is 243 Å². The van der Waals surface area contributed by atoms with E-state index in [2.05, 4.69) is 0 Å². The fourth-order valence-corrected chi connectivity index (χ4v) is 17.1. The zero-order valence-corrected chi connectivity index (χ0v) is 62.2. The minimum absolute atomic E-state index is 0.00300. The summed E-state index contributed by atoms with van der Waals surface area (Å²) in [5.41, 5.74) is 3.75. The maximum absolute atomic E-state index is 15.2. The van der Waals surface area contributed by atoms with Crippen LogP contribution in [0.3, 0.4) is 0 Å². The Kier molecular flexibility index (Phi) is 29.2. The van der Waals surface area contributed by atoms with Crippen LogP contribution in [0.2, 0.25) is 0 Å². The number of thioether (sulfide) groups is 1. The molecular formula is C89H98O19S. The van der Waals surface area contributed by atoms with Crippen molar-refractivity contribution >= 4 is 35.6 Å². The van der Waals surface area contributed by atoms with Crippen molar-refractivity contribution in [1.29, 1.82) is 0 Å². The van der Waals surface area contributed by atoms with E-state index in [-0.39, 0.29) is 80.0 Å². The molecule has 0 aromatic heterocycles. The molecule has 0 bridgehead atoms. The van der Waals surface area contributed by atoms with Crippen LogP contribution < -0.4 is 0 Å². The highest BCUT2D eigenvalue weighted by molar-refractivity contribution is 8.00. The van der Waals surface area contributed by atoms with E-state index < -0.39 is 122 Å². The van der Waals surface area contributed by atoms with Crippen molar-refractivity contribution in [3.8, 4) is 0 Å². The summed E-state index contributed by atoms with van der Waals surface area (Å²) in [5.74, 6) is -2.24. The molecule has 15 atom stereocenters. The topological polar surface area (TPSA) is 218 Å². The molecule has 0 spiro atoms. The third-order valence-electron chi connectivity index (χ3n) is 20.8. The number of carbonyl (C=O) groups excluding carboxylic acids is 4. The first kappa shape index (κ1) is 78.7. The number of rotatable bonds is 33. The predicted octanol–water partition coefficient (Wildman–Crippen LogP) is 15.0. The SMILES string of the molecule is CC(=O)OCC1OC(OCC2OC(SC(C3CCCCC3)C3CCCCC3)C(OC(=O)c3ccccc3)C(OC3OC(COCc4ccccc4)C(OCc4ccccc4)C(OCc4ccccc4)C3OC(=O)c3ccccc3)C2O)C(OC(=O)c2ccccc2)C(OCc2ccccc2)C1OCc1ccccc1. The van der Waals surface area contributed by atoms with Gasteiger partial charge in [0.15, 0.2) is 30.9 Å². The first-order valence-corrected chi connectivity index (χ1v) is 39.2. The molecule has 5 aliphatic rings. The minimum Gasteiger partial charge on any atom is -0.463 e. The lowest BCUT2D eigenvalue weighted by Crippen LogP contribution is -2.66. The molecule has 19 nitrogen and oxygen atoms in total. The summed E-state index contributed by atoms with van der Waals surface area (Å²) in [6.45, 7) is 0.731. The van der Waals surface area contributed by atoms with E-state index in [9.17, 15) is 14.7 Å². The molecule has 3 saturated heterocycles. The maximum Gasteiger partial charge on any atom is 0.338 e. The molecule has 5 fully saturated rings. The lowest BCUT2D eigenvalue weighted by molar-refractivity contribution is -0.351. The molecule has 20 heteroatoms. The van der Waals surface area contributed by atoms with Gasteiger partial charge in [-0.2, -0.15) is 0 Å². The number of benzene rings is 8. The normalized spacial score (nSPS) is 26.1. The third-order valence-corrected chi connectivity index (χ3v) is 22.5. The largest absolute Gasteiger partial charge is 0.463 e. The Morgan fingerprint density at radius 2 is 0.716 bits per heavy atom. The Morgan fingerprint density at radius 3 is 1.12 bits per heavy atom. The Balaban J connectivity index is 0.927. The molecule has 574 valence electrons. The first-order chi connectivity index (χ1) is 53.5. The molecule has 0 amide bonds. The van der Waals surface area contributed by atoms with Crippen LogP contribution >= 0.6 is 11.8 Å². The average Bonchev–Trinajstić information content (AvgIpc) is 0.770. The van der Waals surface area contributed by atoms with Crippen LogP contribution in [0.5, 0.6) is 0 Å². The van der Waals surface area contributed by atoms with Gasteiger partial charge in [0, 0.05) is 12.2 Å². The molecule has 2 saturated carbocycles. The fraction of sp³-hybridized carbons (Fsp3) is 0.416. The van der Waals surface area contributed by atoms with Gasteiger partial charge < -0.3 is 71.4 Å². The third kappa shape index (κ3) is 22.0. The molecule has 3 heterocycles. The van der Waals surface area contributed by atoms with Crippen LogP contribution in [-0.2, 0) is 104 Å². The molecule has 8 aromatic rings. The lowest BCUT2D eigenvalue weighted by Gasteiger charge is -2.50. The van der Waals surface area contributed by atoms with Crippen molar-refractivity contribution in [3.05, 3.63) is 287 Å². The molecule has 3 aliphatic heterocycles. The van der Waals surface area contributed by atoms with Crippen molar-refractivity contribution in [2.24, 2.45) is 11.8 Å². The molecular weight excluding hydrogens is 1410 g/mol. The number of aliphatic hydroxyl groups is 1. The van der Waals surface area contributed by atoms with Crippen LogP contribution in [-0.4, -0.2) is 145 Å². The number of hydrogen-bond donors (Lipinski definition) is 1. The second-order valence-corrected chi connectivity index (χ2v) is 29.8. The van der Waals surface area contributed by atoms with Gasteiger partial charge in [-0.1, -0.05) is 245 Å². The van der Waals surface area contributed by atoms with Crippen LogP contribution in [0.25, 0.3) is 0 Å². The zero-order valence-electron chi connectivity index (χ0n) is 61.4. The van der Waals surface area contributed by atoms with E-state index in [0.717, 1.165) is 92.0 Å². The van der Waals surface area contributed by atoms with Gasteiger partial charge in [0.1, 0.15) is 67.0 Å². The molecule has 15 unspecified atom stereocenters. The van der Waals surface area contributed by atoms with Gasteiger partial charge in [-0.15, -0.1) is 11.8 Å². The standard InChI is InChI=1S/C89H98O19S/c1-60(90)96-59-73-76(98-54-63-36-16-4-17-37-63)78(99-55-64-38-18-5-19-39-64)80(105-84(92)68-46-26-9-27-47-68)87(102-73)101-58-71-74(91)77(82(107-86(94)70-50-30-11-31-51-70)89(104-71)109-83(66-42-22-7-23-43-66)67-44-24-8-25-45-67)108-88-81(106-85(93)69-48-28-10-29-49-69)79(100-56-65-40-20-6-21-41-65)75(97-53-62-34-14-3-15-35-62)72(103-88)57-95-52-61-32-12-2-13-33-61/h2-6,9-21,26-41,46-51,66-67,71-83,87-89,91H,7-8,22-25,42-45,52-59H2,1H3. The summed E-state index contributed by atoms with van der Waals surface area (Å²) in [6.07, 6.45) is -8.50. The number of esters is 4. The summed E-state index contributed by atoms with van der Waals surface area (Å²) < 4.78 is 97.0. The second-order valence-electron chi connectivity index (χ2n) is 28.5. The average molecular weight is 1500 g/mol. The Morgan fingerprint density at radius 1 is 0.367 bits per heavy atom. The number of hydrogen-bond acceptors (Lipinski definition) is 20. The Hall–Kier alpha value is -8.45. The van der Waals surface area contributed by atoms with Crippen LogP contribution in [0.1, 0.15) is 130 Å². The first-order valence-electron chi connectivity index (χ1n) is 38.3. The number of ether oxygens (including phenoxy) is 14. The van der Waals surface area contributed by atoms with E-state index >= 15 is 9.59 Å². The highest BCUT2D eigenvalue weighted by atomic mass is 32.2. The summed E-state index contributed by atoms with van der Waals surface area (Å²) in [7, 11) is 0. The zero-order chi connectivity index (χ0) is 74.9. The summed E-state index contributed by atoms with van der Waals surface area (Å²) >= 11 is 1.59. The predicted molar refractivity (Wildman–Crippen MR) is 407 cm³/mol. The smallest absolute Gasteiger partial charge is 0.338 e. The van der Waals surface area contributed by atoms with Crippen LogP contribution in [0.4, 0.5) is 0 Å². The van der Waals surface area contributed by atoms with Gasteiger partial charge in [-0.3, -0.25) is 4.79 Å². The Bertz CT molecular complexity index is 4000. The number of carbonyl (C=O) groups is 4. The highest BCUT2D eigenvalue weighted by Gasteiger charge is 2.58. The summed E-state index contributed by atoms with van der Waals surface area (Å²) in [4.78, 5) is 58.0. The summed E-state index contributed by atoms with van der Waals surface area (Å²) in [5, 5.41) is 13.9. The van der Waals surface area contributed by atoms with Crippen molar-refractivity contribution in [1.82, 2.24) is 0 Å². The van der Waals surface area contributed by atoms with Crippen molar-refractivity contribution in [2.75, 3.05) is 19.8 Å². The van der Waals surface area contributed by atoms with Gasteiger partial charge in [-0.05, 0) is 102 Å². The van der Waals surface area contributed by atoms with Crippen molar-refractivity contribution < 1.29 is 90.6 Å². The molecule has 1 N–H and O–H groups in total. The highest BCUT2D eigenvalue weighted by Crippen LogP contribution is 2.48. The number of aliphatic hydroxyl groups excluding tert-OH is 1. The molecule has 8 aromatic carbocycles. The van der Waals surface area contributed by atoms with Gasteiger partial charge in [0.2, 0.25) is 0 Å². The molecule has 109 heavy (non-hydrogen) atoms. The van der Waals surface area contributed by atoms with Crippen LogP contribution in [0, 0.1) is 11.8 Å². The fourth-order valence-electron chi connectivity index (χ4n) is 15.2. The molecule has 2 aliphatic carbocycles. The van der Waals surface area contributed by atoms with Crippen molar-refractivity contribution in [2.45, 2.75) is 201 Å². The van der Waals surface area contributed by atoms with Gasteiger partial charge in [0.05, 0.1) is 62.9 Å². The van der Waals surface area contributed by atoms with E-state index in [0.29, 0.717) is 0 Å². The minimum atomic E-state index is -1.79. The maximum atomic E-state index is 15.2. The van der Waals surface area contributed by atoms with Gasteiger partial charge >= 0.3 is 23.9 Å². The monoisotopic (exact) mass is 1500 g/mol. The van der Waals surface area contributed by atoms with E-state index in [4.69, 9.17) is 66.3 Å². The summed E-state index contributed by atoms with van der Waals surface area (Å²) in [6, 6.07) is 73.6. The second kappa shape index (κ2) is 40.5.